The van der Waals surface area contributed by atoms with Gasteiger partial charge >= 0.3 is 0 Å². The summed E-state index contributed by atoms with van der Waals surface area (Å²) < 4.78 is 0. The van der Waals surface area contributed by atoms with Crippen molar-refractivity contribution in [2.45, 2.75) is 46.1 Å². The molecule has 0 amide bonds. The normalized spacial score (nSPS) is 13.3. The summed E-state index contributed by atoms with van der Waals surface area (Å²) >= 11 is 1.69. The second kappa shape index (κ2) is 5.89. The third-order valence-corrected chi connectivity index (χ3v) is 4.79. The summed E-state index contributed by atoms with van der Waals surface area (Å²) in [6, 6.07) is 8.04. The molecule has 1 atom stereocenters. The van der Waals surface area contributed by atoms with Gasteiger partial charge in [-0.05, 0) is 26.0 Å². The molecule has 0 aliphatic heterocycles. The van der Waals surface area contributed by atoms with Crippen molar-refractivity contribution in [1.82, 2.24) is 15.0 Å². The van der Waals surface area contributed by atoms with Crippen molar-refractivity contribution < 1.29 is 0 Å². The highest BCUT2D eigenvalue weighted by Crippen LogP contribution is 2.28. The number of aryl methyl sites for hydroxylation is 1. The third kappa shape index (κ3) is 3.34. The first-order valence-corrected chi connectivity index (χ1v) is 8.68. The first-order chi connectivity index (χ1) is 10.8. The molecular formula is C18H22N4S. The number of para-hydroxylation sites is 2. The van der Waals surface area contributed by atoms with Gasteiger partial charge in [0.1, 0.15) is 10.8 Å². The molecule has 0 unspecified atom stereocenters. The second-order valence-electron chi connectivity index (χ2n) is 6.83. The molecular weight excluding hydrogens is 304 g/mol. The summed E-state index contributed by atoms with van der Waals surface area (Å²) in [6.45, 7) is 10.6. The SMILES string of the molecule is Cc1nc2ccccc2nc1N[C@@H](C)c1nc(C(C)(C)C)cs1. The standard InChI is InChI=1S/C18H22N4S/c1-11-16(21-14-9-7-6-8-13(14)19-11)20-12(2)17-22-15(10-23-17)18(3,4)5/h6-10,12H,1-5H3,(H,20,21)/t12-/m0/s1. The lowest BCUT2D eigenvalue weighted by Gasteiger charge is -2.16. The van der Waals surface area contributed by atoms with Crippen LogP contribution < -0.4 is 5.32 Å². The molecule has 3 rings (SSSR count). The van der Waals surface area contributed by atoms with Gasteiger partial charge in [0.2, 0.25) is 0 Å². The first-order valence-electron chi connectivity index (χ1n) is 7.80. The van der Waals surface area contributed by atoms with Crippen LogP contribution in [0.15, 0.2) is 29.6 Å². The number of rotatable bonds is 3. The van der Waals surface area contributed by atoms with Gasteiger partial charge in [-0.15, -0.1) is 11.3 Å². The Hall–Kier alpha value is -2.01. The predicted octanol–water partition coefficient (Wildman–Crippen LogP) is 4.87. The van der Waals surface area contributed by atoms with Crippen molar-refractivity contribution in [3.8, 4) is 0 Å². The van der Waals surface area contributed by atoms with E-state index in [0.29, 0.717) is 0 Å². The number of aromatic nitrogens is 3. The smallest absolute Gasteiger partial charge is 0.148 e. The molecule has 2 aromatic heterocycles. The zero-order valence-corrected chi connectivity index (χ0v) is 15.0. The van der Waals surface area contributed by atoms with Crippen molar-refractivity contribution in [1.29, 1.82) is 0 Å². The molecule has 0 aliphatic rings. The van der Waals surface area contributed by atoms with Crippen LogP contribution in [0.5, 0.6) is 0 Å². The lowest BCUT2D eigenvalue weighted by Crippen LogP contribution is -2.13. The predicted molar refractivity (Wildman–Crippen MR) is 97.1 cm³/mol. The summed E-state index contributed by atoms with van der Waals surface area (Å²) in [5, 5.41) is 6.68. The molecule has 120 valence electrons. The molecule has 0 bridgehead atoms. The first kappa shape index (κ1) is 15.9. The number of thiazole rings is 1. The van der Waals surface area contributed by atoms with Crippen molar-refractivity contribution in [2.24, 2.45) is 0 Å². The number of anilines is 1. The minimum Gasteiger partial charge on any atom is -0.360 e. The van der Waals surface area contributed by atoms with Crippen LogP contribution in [0.2, 0.25) is 0 Å². The molecule has 1 N–H and O–H groups in total. The average molecular weight is 326 g/mol. The van der Waals surface area contributed by atoms with Crippen LogP contribution in [-0.2, 0) is 5.41 Å². The van der Waals surface area contributed by atoms with Gasteiger partial charge in [0.25, 0.3) is 0 Å². The Labute approximate surface area is 141 Å². The van der Waals surface area contributed by atoms with E-state index in [1.165, 1.54) is 0 Å². The fraction of sp³-hybridized carbons (Fsp3) is 0.389. The molecule has 0 saturated heterocycles. The minimum atomic E-state index is 0.0765. The number of hydrogen-bond acceptors (Lipinski definition) is 5. The fourth-order valence-corrected chi connectivity index (χ4v) is 3.38. The van der Waals surface area contributed by atoms with Gasteiger partial charge < -0.3 is 5.32 Å². The van der Waals surface area contributed by atoms with E-state index in [0.717, 1.165) is 33.2 Å². The molecule has 23 heavy (non-hydrogen) atoms. The largest absolute Gasteiger partial charge is 0.360 e. The van der Waals surface area contributed by atoms with Crippen LogP contribution in [0.3, 0.4) is 0 Å². The number of fused-ring (bicyclic) bond motifs is 1. The van der Waals surface area contributed by atoms with E-state index < -0.39 is 0 Å². The summed E-state index contributed by atoms with van der Waals surface area (Å²) in [4.78, 5) is 14.1. The highest BCUT2D eigenvalue weighted by molar-refractivity contribution is 7.09. The molecule has 3 aromatic rings. The summed E-state index contributed by atoms with van der Waals surface area (Å²) in [5.74, 6) is 0.823. The average Bonchev–Trinajstić information content (AvgIpc) is 2.98. The number of nitrogens with one attached hydrogen (secondary N) is 1. The van der Waals surface area contributed by atoms with E-state index in [1.807, 2.05) is 31.2 Å². The molecule has 1 aromatic carbocycles. The Morgan fingerprint density at radius 3 is 2.30 bits per heavy atom. The van der Waals surface area contributed by atoms with Crippen molar-refractivity contribution in [3.05, 3.63) is 46.0 Å². The molecule has 5 heteroatoms. The van der Waals surface area contributed by atoms with E-state index in [4.69, 9.17) is 9.97 Å². The van der Waals surface area contributed by atoms with Crippen molar-refractivity contribution in [3.63, 3.8) is 0 Å². The summed E-state index contributed by atoms with van der Waals surface area (Å²) in [6.07, 6.45) is 0. The number of hydrogen-bond donors (Lipinski definition) is 1. The second-order valence-corrected chi connectivity index (χ2v) is 7.72. The Morgan fingerprint density at radius 2 is 1.70 bits per heavy atom. The van der Waals surface area contributed by atoms with E-state index in [2.05, 4.69) is 43.4 Å². The van der Waals surface area contributed by atoms with Crippen LogP contribution >= 0.6 is 11.3 Å². The van der Waals surface area contributed by atoms with E-state index in [1.54, 1.807) is 11.3 Å². The molecule has 0 spiro atoms. The minimum absolute atomic E-state index is 0.0765. The van der Waals surface area contributed by atoms with Gasteiger partial charge in [-0.3, -0.25) is 0 Å². The zero-order valence-electron chi connectivity index (χ0n) is 14.2. The summed E-state index contributed by atoms with van der Waals surface area (Å²) in [5.41, 5.74) is 3.94. The van der Waals surface area contributed by atoms with Crippen molar-refractivity contribution >= 4 is 28.2 Å². The van der Waals surface area contributed by atoms with E-state index >= 15 is 0 Å². The van der Waals surface area contributed by atoms with E-state index in [-0.39, 0.29) is 11.5 Å². The van der Waals surface area contributed by atoms with Gasteiger partial charge in [0, 0.05) is 10.8 Å². The molecule has 0 radical (unpaired) electrons. The maximum atomic E-state index is 4.78. The quantitative estimate of drug-likeness (QED) is 0.746. The lowest BCUT2D eigenvalue weighted by atomic mass is 9.93. The zero-order chi connectivity index (χ0) is 16.6. The molecule has 0 saturated carbocycles. The van der Waals surface area contributed by atoms with Crippen LogP contribution in [0.25, 0.3) is 11.0 Å². The Kier molecular flexibility index (Phi) is 4.06. The van der Waals surface area contributed by atoms with Crippen molar-refractivity contribution in [2.75, 3.05) is 5.32 Å². The van der Waals surface area contributed by atoms with Crippen LogP contribution in [0, 0.1) is 6.92 Å². The maximum absolute atomic E-state index is 4.78. The molecule has 0 aliphatic carbocycles. The van der Waals surface area contributed by atoms with Crippen LogP contribution in [-0.4, -0.2) is 15.0 Å². The van der Waals surface area contributed by atoms with E-state index in [9.17, 15) is 0 Å². The third-order valence-electron chi connectivity index (χ3n) is 3.76. The van der Waals surface area contributed by atoms with Gasteiger partial charge in [-0.25, -0.2) is 15.0 Å². The fourth-order valence-electron chi connectivity index (χ4n) is 2.32. The Balaban J connectivity index is 1.86. The highest BCUT2D eigenvalue weighted by Gasteiger charge is 2.20. The number of nitrogens with zero attached hydrogens (tertiary/aromatic N) is 3. The summed E-state index contributed by atoms with van der Waals surface area (Å²) in [7, 11) is 0. The van der Waals surface area contributed by atoms with Gasteiger partial charge in [-0.1, -0.05) is 32.9 Å². The Bertz CT molecular complexity index is 832. The number of benzene rings is 1. The van der Waals surface area contributed by atoms with Gasteiger partial charge in [0.15, 0.2) is 0 Å². The van der Waals surface area contributed by atoms with Crippen LogP contribution in [0.4, 0.5) is 5.82 Å². The molecule has 2 heterocycles. The van der Waals surface area contributed by atoms with Crippen LogP contribution in [0.1, 0.15) is 50.1 Å². The van der Waals surface area contributed by atoms with Gasteiger partial charge in [0.05, 0.1) is 28.5 Å². The molecule has 0 fully saturated rings. The maximum Gasteiger partial charge on any atom is 0.148 e. The Morgan fingerprint density at radius 1 is 1.04 bits per heavy atom. The monoisotopic (exact) mass is 326 g/mol. The lowest BCUT2D eigenvalue weighted by molar-refractivity contribution is 0.569. The topological polar surface area (TPSA) is 50.7 Å². The van der Waals surface area contributed by atoms with Gasteiger partial charge in [-0.2, -0.15) is 0 Å². The molecule has 4 nitrogen and oxygen atoms in total. The highest BCUT2D eigenvalue weighted by atomic mass is 32.1.